The zero-order valence-corrected chi connectivity index (χ0v) is 15.2. The molecule has 23 heavy (non-hydrogen) atoms. The molecule has 5 nitrogen and oxygen atoms in total. The first kappa shape index (κ1) is 19.5. The summed E-state index contributed by atoms with van der Waals surface area (Å²) >= 11 is 1.65. The van der Waals surface area contributed by atoms with E-state index in [9.17, 15) is 9.59 Å². The number of ketones is 1. The maximum atomic E-state index is 12.0. The van der Waals surface area contributed by atoms with Crippen molar-refractivity contribution in [2.24, 2.45) is 0 Å². The number of rotatable bonds is 8. The molecule has 1 N–H and O–H groups in total. The van der Waals surface area contributed by atoms with Crippen molar-refractivity contribution in [2.75, 3.05) is 12.3 Å². The van der Waals surface area contributed by atoms with Gasteiger partial charge in [0, 0.05) is 24.7 Å². The lowest BCUT2D eigenvalue weighted by Crippen LogP contribution is -2.33. The first-order valence-electron chi connectivity index (χ1n) is 7.90. The molecule has 0 aliphatic rings. The maximum Gasteiger partial charge on any atom is 0.407 e. The molecule has 1 aromatic heterocycles. The van der Waals surface area contributed by atoms with Gasteiger partial charge in [0.25, 0.3) is 0 Å². The Bertz CT molecular complexity index is 510. The predicted molar refractivity (Wildman–Crippen MR) is 93.1 cm³/mol. The molecule has 0 atom stereocenters. The van der Waals surface area contributed by atoms with Crippen LogP contribution in [-0.4, -0.2) is 34.8 Å². The highest BCUT2D eigenvalue weighted by atomic mass is 32.2. The number of nitrogens with zero attached hydrogens (tertiary/aromatic N) is 1. The van der Waals surface area contributed by atoms with Gasteiger partial charge in [-0.05, 0) is 51.5 Å². The van der Waals surface area contributed by atoms with Gasteiger partial charge in [0.1, 0.15) is 5.60 Å². The van der Waals surface area contributed by atoms with Crippen LogP contribution in [0.1, 0.15) is 57.3 Å². The van der Waals surface area contributed by atoms with E-state index in [0.29, 0.717) is 18.5 Å². The topological polar surface area (TPSA) is 68.3 Å². The average Bonchev–Trinajstić information content (AvgIpc) is 2.46. The fraction of sp³-hybridized carbons (Fsp3) is 0.588. The third-order valence-corrected chi connectivity index (χ3v) is 3.68. The number of carbonyl (C=O) groups is 2. The highest BCUT2D eigenvalue weighted by Crippen LogP contribution is 2.15. The summed E-state index contributed by atoms with van der Waals surface area (Å²) in [5, 5.41) is 3.62. The lowest BCUT2D eigenvalue weighted by molar-refractivity contribution is 0.0527. The van der Waals surface area contributed by atoms with Gasteiger partial charge in [-0.15, -0.1) is 11.8 Å². The molecule has 128 valence electrons. The van der Waals surface area contributed by atoms with E-state index in [1.807, 2.05) is 32.9 Å². The first-order valence-corrected chi connectivity index (χ1v) is 8.89. The number of Topliss-reactive ketones (excluding diaryl/α,β-unsaturated/α-hetero) is 1. The lowest BCUT2D eigenvalue weighted by Gasteiger charge is -2.19. The van der Waals surface area contributed by atoms with Gasteiger partial charge in [-0.25, -0.2) is 9.78 Å². The second kappa shape index (κ2) is 9.55. The van der Waals surface area contributed by atoms with E-state index in [1.54, 1.807) is 18.0 Å². The minimum absolute atomic E-state index is 0.0859. The molecule has 0 bridgehead atoms. The predicted octanol–water partition coefficient (Wildman–Crippen LogP) is 4.07. The fourth-order valence-corrected chi connectivity index (χ4v) is 2.43. The second-order valence-electron chi connectivity index (χ2n) is 6.13. The summed E-state index contributed by atoms with van der Waals surface area (Å²) in [6, 6.07) is 3.71. The van der Waals surface area contributed by atoms with E-state index >= 15 is 0 Å². The molecule has 0 radical (unpaired) electrons. The van der Waals surface area contributed by atoms with Crippen molar-refractivity contribution in [2.45, 2.75) is 57.6 Å². The number of carbonyl (C=O) groups excluding carboxylic acids is 2. The largest absolute Gasteiger partial charge is 0.444 e. The number of unbranched alkanes of at least 4 members (excludes halogenated alkanes) is 1. The Morgan fingerprint density at radius 1 is 1.26 bits per heavy atom. The van der Waals surface area contributed by atoms with Crippen molar-refractivity contribution >= 4 is 23.6 Å². The van der Waals surface area contributed by atoms with Crippen LogP contribution in [0, 0.1) is 0 Å². The Morgan fingerprint density at radius 3 is 2.57 bits per heavy atom. The second-order valence-corrected chi connectivity index (χ2v) is 7.41. The number of thioether (sulfide) groups is 1. The van der Waals surface area contributed by atoms with Crippen LogP contribution in [0.25, 0.3) is 0 Å². The van der Waals surface area contributed by atoms with Crippen LogP contribution in [0.3, 0.4) is 0 Å². The number of hydrogen-bond acceptors (Lipinski definition) is 5. The molecule has 0 unspecified atom stereocenters. The molecule has 1 rings (SSSR count). The number of pyridine rings is 1. The van der Waals surface area contributed by atoms with Gasteiger partial charge >= 0.3 is 6.09 Å². The molecule has 0 aliphatic carbocycles. The Hall–Kier alpha value is -1.56. The van der Waals surface area contributed by atoms with Crippen molar-refractivity contribution in [3.05, 3.63) is 23.9 Å². The Labute approximate surface area is 142 Å². The van der Waals surface area contributed by atoms with Crippen LogP contribution in [0.5, 0.6) is 0 Å². The van der Waals surface area contributed by atoms with Crippen LogP contribution >= 0.6 is 11.8 Å². The van der Waals surface area contributed by atoms with E-state index in [0.717, 1.165) is 23.6 Å². The van der Waals surface area contributed by atoms with Gasteiger partial charge < -0.3 is 10.1 Å². The van der Waals surface area contributed by atoms with Gasteiger partial charge in [-0.2, -0.15) is 0 Å². The molecule has 0 spiro atoms. The van der Waals surface area contributed by atoms with E-state index in [-0.39, 0.29) is 5.78 Å². The number of nitrogens with one attached hydrogen (secondary N) is 1. The Morgan fingerprint density at radius 2 is 2.00 bits per heavy atom. The molecule has 0 aromatic carbocycles. The third kappa shape index (κ3) is 8.59. The zero-order valence-electron chi connectivity index (χ0n) is 14.3. The minimum atomic E-state index is -0.491. The summed E-state index contributed by atoms with van der Waals surface area (Å²) in [5.41, 5.74) is 0.153. The number of ether oxygens (including phenoxy) is 1. The molecule has 6 heteroatoms. The summed E-state index contributed by atoms with van der Waals surface area (Å²) in [5.74, 6) is 1.05. The molecule has 0 saturated carbocycles. The van der Waals surface area contributed by atoms with E-state index in [4.69, 9.17) is 4.74 Å². The van der Waals surface area contributed by atoms with E-state index in [1.165, 1.54) is 0 Å². The average molecular weight is 338 g/mol. The monoisotopic (exact) mass is 338 g/mol. The summed E-state index contributed by atoms with van der Waals surface area (Å²) in [6.45, 7) is 8.04. The van der Waals surface area contributed by atoms with Crippen LogP contribution in [0.2, 0.25) is 0 Å². The number of hydrogen-bond donors (Lipinski definition) is 1. The van der Waals surface area contributed by atoms with Crippen molar-refractivity contribution < 1.29 is 14.3 Å². The molecule has 0 saturated heterocycles. The molecule has 1 aromatic rings. The smallest absolute Gasteiger partial charge is 0.407 e. The van der Waals surface area contributed by atoms with Gasteiger partial charge in [-0.1, -0.05) is 6.92 Å². The standard InChI is InChI=1S/C17H26N2O3S/c1-5-23-15-10-9-13(12-19-15)14(20)8-6-7-11-18-16(21)22-17(2,3)4/h9-10,12H,5-8,11H2,1-4H3,(H,18,21). The summed E-state index contributed by atoms with van der Waals surface area (Å²) in [7, 11) is 0. The Kier molecular flexibility index (Phi) is 8.09. The van der Waals surface area contributed by atoms with Crippen molar-refractivity contribution in [3.8, 4) is 0 Å². The van der Waals surface area contributed by atoms with Crippen LogP contribution in [0.15, 0.2) is 23.4 Å². The lowest BCUT2D eigenvalue weighted by atomic mass is 10.1. The zero-order chi connectivity index (χ0) is 17.3. The SMILES string of the molecule is CCSc1ccc(C(=O)CCCCNC(=O)OC(C)(C)C)cn1. The van der Waals surface area contributed by atoms with Gasteiger partial charge in [-0.3, -0.25) is 4.79 Å². The number of alkyl carbamates (subject to hydrolysis) is 1. The van der Waals surface area contributed by atoms with Crippen molar-refractivity contribution in [1.29, 1.82) is 0 Å². The Balaban J connectivity index is 2.22. The fourth-order valence-electron chi connectivity index (χ4n) is 1.84. The quantitative estimate of drug-likeness (QED) is 0.439. The normalized spacial score (nSPS) is 11.1. The van der Waals surface area contributed by atoms with Crippen molar-refractivity contribution in [1.82, 2.24) is 10.3 Å². The third-order valence-electron chi connectivity index (χ3n) is 2.85. The van der Waals surface area contributed by atoms with Crippen molar-refractivity contribution in [3.63, 3.8) is 0 Å². The molecular weight excluding hydrogens is 312 g/mol. The summed E-state index contributed by atoms with van der Waals surface area (Å²) < 4.78 is 5.14. The highest BCUT2D eigenvalue weighted by Gasteiger charge is 2.15. The van der Waals surface area contributed by atoms with Gasteiger partial charge in [0.15, 0.2) is 5.78 Å². The van der Waals surface area contributed by atoms with E-state index in [2.05, 4.69) is 17.2 Å². The van der Waals surface area contributed by atoms with Crippen LogP contribution < -0.4 is 5.32 Å². The first-order chi connectivity index (χ1) is 10.8. The summed E-state index contributed by atoms with van der Waals surface area (Å²) in [4.78, 5) is 27.8. The molecule has 1 amide bonds. The van der Waals surface area contributed by atoms with Crippen LogP contribution in [-0.2, 0) is 4.74 Å². The molecular formula is C17H26N2O3S. The summed E-state index contributed by atoms with van der Waals surface area (Å²) in [6.07, 6.45) is 3.14. The maximum absolute atomic E-state index is 12.0. The molecule has 1 heterocycles. The molecule has 0 aliphatic heterocycles. The highest BCUT2D eigenvalue weighted by molar-refractivity contribution is 7.99. The minimum Gasteiger partial charge on any atom is -0.444 e. The van der Waals surface area contributed by atoms with Gasteiger partial charge in [0.2, 0.25) is 0 Å². The number of aromatic nitrogens is 1. The number of amides is 1. The van der Waals surface area contributed by atoms with Crippen LogP contribution in [0.4, 0.5) is 4.79 Å². The van der Waals surface area contributed by atoms with Gasteiger partial charge in [0.05, 0.1) is 5.03 Å². The van der Waals surface area contributed by atoms with E-state index < -0.39 is 11.7 Å². The molecule has 0 fully saturated rings.